The number of hydrogen-bond acceptors (Lipinski definition) is 5. The quantitative estimate of drug-likeness (QED) is 0.249. The van der Waals surface area contributed by atoms with Gasteiger partial charge in [-0.25, -0.2) is 4.98 Å². The zero-order valence-electron chi connectivity index (χ0n) is 22.2. The summed E-state index contributed by atoms with van der Waals surface area (Å²) in [6, 6.07) is 12.1. The molecule has 4 rings (SSSR count). The smallest absolute Gasteiger partial charge is 0.389 e. The van der Waals surface area contributed by atoms with E-state index in [0.29, 0.717) is 33.7 Å². The number of pyridine rings is 1. The molecule has 0 saturated carbocycles. The van der Waals surface area contributed by atoms with Gasteiger partial charge in [0.2, 0.25) is 0 Å². The van der Waals surface area contributed by atoms with Crippen LogP contribution in [-0.4, -0.2) is 43.8 Å². The van der Waals surface area contributed by atoms with Gasteiger partial charge in [-0.05, 0) is 69.7 Å². The van der Waals surface area contributed by atoms with Crippen molar-refractivity contribution in [1.82, 2.24) is 20.1 Å². The molecule has 0 aliphatic carbocycles. The van der Waals surface area contributed by atoms with Gasteiger partial charge in [0.25, 0.3) is 11.8 Å². The van der Waals surface area contributed by atoms with Gasteiger partial charge >= 0.3 is 6.18 Å². The molecule has 4 aromatic rings. The number of carbonyl (C=O) groups is 2. The zero-order chi connectivity index (χ0) is 29.4. The third-order valence-corrected chi connectivity index (χ3v) is 6.65. The summed E-state index contributed by atoms with van der Waals surface area (Å²) in [6.07, 6.45) is -4.72. The molecule has 0 fully saturated rings. The number of nitrogens with one attached hydrogen (secondary N) is 2. The Labute approximate surface area is 236 Å². The van der Waals surface area contributed by atoms with Crippen molar-refractivity contribution in [3.8, 4) is 0 Å². The highest BCUT2D eigenvalue weighted by Crippen LogP contribution is 2.32. The third-order valence-electron chi connectivity index (χ3n) is 6.16. The SMILES string of the molecule is Cc1nn(Cc2ccc(C(=O)NCC(C)(C)O)cc2)c(C)c1NC(=O)c1cc(C(F)(F)F)nc2ccc(Br)cc12. The predicted molar refractivity (Wildman–Crippen MR) is 148 cm³/mol. The van der Waals surface area contributed by atoms with E-state index in [0.717, 1.165) is 11.6 Å². The summed E-state index contributed by atoms with van der Waals surface area (Å²) in [6.45, 7) is 7.07. The molecule has 2 amide bonds. The summed E-state index contributed by atoms with van der Waals surface area (Å²) in [5.41, 5.74) is 0.451. The van der Waals surface area contributed by atoms with E-state index in [1.165, 1.54) is 6.07 Å². The Morgan fingerprint density at radius 3 is 2.33 bits per heavy atom. The van der Waals surface area contributed by atoms with Gasteiger partial charge in [0.1, 0.15) is 5.69 Å². The van der Waals surface area contributed by atoms with E-state index in [1.54, 1.807) is 68.8 Å². The molecule has 40 heavy (non-hydrogen) atoms. The Kier molecular flexibility index (Phi) is 8.04. The highest BCUT2D eigenvalue weighted by Gasteiger charge is 2.34. The molecule has 210 valence electrons. The summed E-state index contributed by atoms with van der Waals surface area (Å²) < 4.78 is 42.8. The van der Waals surface area contributed by atoms with Crippen molar-refractivity contribution in [3.63, 3.8) is 0 Å². The van der Waals surface area contributed by atoms with Crippen molar-refractivity contribution in [2.24, 2.45) is 0 Å². The van der Waals surface area contributed by atoms with Crippen LogP contribution < -0.4 is 10.6 Å². The van der Waals surface area contributed by atoms with E-state index in [4.69, 9.17) is 0 Å². The summed E-state index contributed by atoms with van der Waals surface area (Å²) in [5, 5.41) is 20.0. The maximum Gasteiger partial charge on any atom is 0.433 e. The molecular formula is C28H27BrF3N5O3. The monoisotopic (exact) mass is 617 g/mol. The summed E-state index contributed by atoms with van der Waals surface area (Å²) in [5.74, 6) is -1.03. The molecule has 0 saturated heterocycles. The second kappa shape index (κ2) is 11.0. The van der Waals surface area contributed by atoms with Gasteiger partial charge in [-0.1, -0.05) is 28.1 Å². The van der Waals surface area contributed by atoms with Gasteiger partial charge < -0.3 is 15.7 Å². The second-order valence-electron chi connectivity index (χ2n) is 10.1. The third kappa shape index (κ3) is 6.68. The Hall–Kier alpha value is -3.77. The first-order chi connectivity index (χ1) is 18.6. The Balaban J connectivity index is 1.56. The number of anilines is 1. The molecule has 0 bridgehead atoms. The topological polar surface area (TPSA) is 109 Å². The van der Waals surface area contributed by atoms with Crippen LogP contribution in [-0.2, 0) is 12.7 Å². The number of nitrogens with zero attached hydrogens (tertiary/aromatic N) is 3. The summed E-state index contributed by atoms with van der Waals surface area (Å²) in [4.78, 5) is 29.3. The fourth-order valence-electron chi connectivity index (χ4n) is 4.08. The van der Waals surface area contributed by atoms with Crippen LogP contribution in [0.5, 0.6) is 0 Å². The normalized spacial score (nSPS) is 12.0. The lowest BCUT2D eigenvalue weighted by molar-refractivity contribution is -0.141. The van der Waals surface area contributed by atoms with Crippen LogP contribution in [0.2, 0.25) is 0 Å². The average Bonchev–Trinajstić information content (AvgIpc) is 3.13. The molecule has 2 heterocycles. The Morgan fingerprint density at radius 2 is 1.70 bits per heavy atom. The van der Waals surface area contributed by atoms with E-state index >= 15 is 0 Å². The highest BCUT2D eigenvalue weighted by atomic mass is 79.9. The predicted octanol–water partition coefficient (Wildman–Crippen LogP) is 5.63. The number of fused-ring (bicyclic) bond motifs is 1. The van der Waals surface area contributed by atoms with Crippen molar-refractivity contribution in [2.75, 3.05) is 11.9 Å². The van der Waals surface area contributed by atoms with Crippen molar-refractivity contribution in [2.45, 2.75) is 46.0 Å². The van der Waals surface area contributed by atoms with E-state index < -0.39 is 23.4 Å². The molecule has 0 aliphatic rings. The number of amides is 2. The summed E-state index contributed by atoms with van der Waals surface area (Å²) >= 11 is 3.30. The molecule has 2 aromatic heterocycles. The first kappa shape index (κ1) is 29.2. The standard InChI is InChI=1S/C28H27BrF3N5O3/c1-15-24(35-26(39)21-12-23(28(30,31)32)34-22-10-9-19(29)11-20(21)22)16(2)37(36-15)13-17-5-7-18(8-6-17)25(38)33-14-27(3,4)40/h5-12,40H,13-14H2,1-4H3,(H,33,38)(H,35,39). The second-order valence-corrected chi connectivity index (χ2v) is 11.0. The number of aryl methyl sites for hydroxylation is 1. The molecule has 12 heteroatoms. The fourth-order valence-corrected chi connectivity index (χ4v) is 4.44. The molecular weight excluding hydrogens is 591 g/mol. The zero-order valence-corrected chi connectivity index (χ0v) is 23.7. The van der Waals surface area contributed by atoms with Gasteiger partial charge in [-0.15, -0.1) is 0 Å². The average molecular weight is 618 g/mol. The van der Waals surface area contributed by atoms with E-state index in [1.807, 2.05) is 0 Å². The number of hydrogen-bond donors (Lipinski definition) is 3. The first-order valence-corrected chi connectivity index (χ1v) is 13.0. The number of alkyl halides is 3. The van der Waals surface area contributed by atoms with E-state index in [-0.39, 0.29) is 28.9 Å². The molecule has 8 nitrogen and oxygen atoms in total. The number of aromatic nitrogens is 3. The fraction of sp³-hybridized carbons (Fsp3) is 0.286. The lowest BCUT2D eigenvalue weighted by Crippen LogP contribution is -2.38. The number of benzene rings is 2. The number of rotatable bonds is 7. The molecule has 0 radical (unpaired) electrons. The minimum atomic E-state index is -4.72. The van der Waals surface area contributed by atoms with Gasteiger partial charge in [0, 0.05) is 22.0 Å². The van der Waals surface area contributed by atoms with Crippen LogP contribution in [0, 0.1) is 13.8 Å². The van der Waals surface area contributed by atoms with Gasteiger partial charge in [-0.2, -0.15) is 18.3 Å². The largest absolute Gasteiger partial charge is 0.433 e. The van der Waals surface area contributed by atoms with Crippen molar-refractivity contribution >= 4 is 44.3 Å². The number of carbonyl (C=O) groups excluding carboxylic acids is 2. The van der Waals surface area contributed by atoms with E-state index in [9.17, 15) is 27.9 Å². The molecule has 0 aliphatic heterocycles. The van der Waals surface area contributed by atoms with Crippen LogP contribution in [0.15, 0.2) is 53.0 Å². The minimum Gasteiger partial charge on any atom is -0.389 e. The maximum atomic E-state index is 13.5. The lowest BCUT2D eigenvalue weighted by atomic mass is 10.1. The Bertz CT molecular complexity index is 1590. The van der Waals surface area contributed by atoms with Crippen LogP contribution in [0.1, 0.15) is 57.2 Å². The maximum absolute atomic E-state index is 13.5. The molecule has 0 unspecified atom stereocenters. The molecule has 0 spiro atoms. The minimum absolute atomic E-state index is 0.0458. The van der Waals surface area contributed by atoms with E-state index in [2.05, 4.69) is 36.6 Å². The van der Waals surface area contributed by atoms with Crippen LogP contribution in [0.25, 0.3) is 10.9 Å². The van der Waals surface area contributed by atoms with Crippen molar-refractivity contribution in [3.05, 3.63) is 86.8 Å². The lowest BCUT2D eigenvalue weighted by Gasteiger charge is -2.17. The van der Waals surface area contributed by atoms with Gasteiger partial charge in [0.15, 0.2) is 0 Å². The summed E-state index contributed by atoms with van der Waals surface area (Å²) in [7, 11) is 0. The van der Waals surface area contributed by atoms with Crippen LogP contribution in [0.3, 0.4) is 0 Å². The molecule has 3 N–H and O–H groups in total. The molecule has 2 aromatic carbocycles. The van der Waals surface area contributed by atoms with Crippen molar-refractivity contribution in [1.29, 1.82) is 0 Å². The highest BCUT2D eigenvalue weighted by molar-refractivity contribution is 9.10. The number of aliphatic hydroxyl groups is 1. The van der Waals surface area contributed by atoms with Gasteiger partial charge in [0.05, 0.1) is 40.3 Å². The molecule has 0 atom stereocenters. The van der Waals surface area contributed by atoms with Crippen LogP contribution >= 0.6 is 15.9 Å². The Morgan fingerprint density at radius 1 is 1.02 bits per heavy atom. The first-order valence-electron chi connectivity index (χ1n) is 12.2. The van der Waals surface area contributed by atoms with Gasteiger partial charge in [-0.3, -0.25) is 14.3 Å². The van der Waals surface area contributed by atoms with Crippen LogP contribution in [0.4, 0.5) is 18.9 Å². The number of halogens is 4. The van der Waals surface area contributed by atoms with Crippen molar-refractivity contribution < 1.29 is 27.9 Å².